The molecule has 17 heavy (non-hydrogen) atoms. The van der Waals surface area contributed by atoms with Crippen LogP contribution in [0.25, 0.3) is 10.8 Å². The van der Waals surface area contributed by atoms with Crippen molar-refractivity contribution in [3.05, 3.63) is 24.5 Å². The first-order chi connectivity index (χ1) is 8.13. The van der Waals surface area contributed by atoms with E-state index >= 15 is 0 Å². The summed E-state index contributed by atoms with van der Waals surface area (Å²) in [5.74, 6) is -0.121. The van der Waals surface area contributed by atoms with E-state index in [4.69, 9.17) is 0 Å². The maximum absolute atomic E-state index is 9.79. The summed E-state index contributed by atoms with van der Waals surface area (Å²) in [4.78, 5) is 0.948. The average molecular weight is 252 g/mol. The van der Waals surface area contributed by atoms with E-state index in [1.54, 1.807) is 17.8 Å². The molecule has 0 fully saturated rings. The predicted octanol–water partition coefficient (Wildman–Crippen LogP) is 2.82. The molecule has 2 rings (SSSR count). The normalized spacial score (nSPS) is 9.88. The molecule has 92 valence electrons. The topological polar surface area (TPSA) is 44.3 Å². The number of pyridine rings is 1. The van der Waals surface area contributed by atoms with E-state index in [9.17, 15) is 10.2 Å². The lowest BCUT2D eigenvalue weighted by molar-refractivity contribution is -0.671. The standard InChI is InChI=1S/C11H11NO2S.C2H6/c1-12-5-7-3-4-8(13)11(14)10(7)9(6-12)15-2;1-2/h3-6,14H,1-2H3;1-2H3/p+1. The van der Waals surface area contributed by atoms with Gasteiger partial charge in [-0.15, -0.1) is 11.8 Å². The van der Waals surface area contributed by atoms with E-state index in [-0.39, 0.29) is 11.5 Å². The van der Waals surface area contributed by atoms with Gasteiger partial charge < -0.3 is 10.2 Å². The average Bonchev–Trinajstić information content (AvgIpc) is 2.35. The molecule has 0 aliphatic carbocycles. The number of aryl methyl sites for hydroxylation is 1. The van der Waals surface area contributed by atoms with Gasteiger partial charge in [-0.25, -0.2) is 4.57 Å². The van der Waals surface area contributed by atoms with Crippen LogP contribution in [-0.2, 0) is 7.05 Å². The summed E-state index contributed by atoms with van der Waals surface area (Å²) in [5, 5.41) is 20.9. The zero-order valence-electron chi connectivity index (χ0n) is 10.6. The van der Waals surface area contributed by atoms with Crippen LogP contribution in [0.1, 0.15) is 13.8 Å². The molecule has 0 bridgehead atoms. The fourth-order valence-corrected chi connectivity index (χ4v) is 2.31. The number of rotatable bonds is 1. The number of phenolic OH excluding ortho intramolecular Hbond substituents is 2. The van der Waals surface area contributed by atoms with Crippen LogP contribution in [0.4, 0.5) is 0 Å². The Balaban J connectivity index is 0.000000686. The Labute approximate surface area is 106 Å². The van der Waals surface area contributed by atoms with Crippen molar-refractivity contribution in [2.45, 2.75) is 18.7 Å². The molecule has 0 unspecified atom stereocenters. The van der Waals surface area contributed by atoms with Crippen molar-refractivity contribution in [3.8, 4) is 11.5 Å². The SMILES string of the molecule is CC.CSc1c[n+](C)cc2ccc(O)c(O)c12. The van der Waals surface area contributed by atoms with Crippen LogP contribution >= 0.6 is 11.8 Å². The van der Waals surface area contributed by atoms with E-state index in [2.05, 4.69) is 0 Å². The predicted molar refractivity (Wildman–Crippen MR) is 71.6 cm³/mol. The summed E-state index contributed by atoms with van der Waals surface area (Å²) < 4.78 is 1.94. The second kappa shape index (κ2) is 5.77. The molecule has 0 atom stereocenters. The Morgan fingerprint density at radius 2 is 1.76 bits per heavy atom. The smallest absolute Gasteiger partial charge is 0.182 e. The highest BCUT2D eigenvalue weighted by molar-refractivity contribution is 7.98. The fraction of sp³-hybridized carbons (Fsp3) is 0.308. The van der Waals surface area contributed by atoms with Gasteiger partial charge in [0.25, 0.3) is 0 Å². The number of nitrogens with zero attached hydrogens (tertiary/aromatic N) is 1. The molecule has 0 aliphatic rings. The number of hydrogen-bond acceptors (Lipinski definition) is 3. The van der Waals surface area contributed by atoms with Crippen molar-refractivity contribution in [2.75, 3.05) is 6.26 Å². The van der Waals surface area contributed by atoms with Gasteiger partial charge in [0.15, 0.2) is 23.9 Å². The van der Waals surface area contributed by atoms with Crippen LogP contribution in [0.15, 0.2) is 29.4 Å². The third-order valence-electron chi connectivity index (χ3n) is 2.32. The second-order valence-electron chi connectivity index (χ2n) is 3.39. The minimum absolute atomic E-state index is 0.0440. The van der Waals surface area contributed by atoms with E-state index in [1.807, 2.05) is 44.1 Å². The van der Waals surface area contributed by atoms with Crippen LogP contribution in [0.3, 0.4) is 0 Å². The fourth-order valence-electron chi connectivity index (χ4n) is 1.62. The zero-order chi connectivity index (χ0) is 13.0. The summed E-state index contributed by atoms with van der Waals surface area (Å²) >= 11 is 1.54. The first-order valence-electron chi connectivity index (χ1n) is 5.51. The molecule has 0 radical (unpaired) electrons. The van der Waals surface area contributed by atoms with Crippen molar-refractivity contribution >= 4 is 22.5 Å². The van der Waals surface area contributed by atoms with Crippen molar-refractivity contribution in [1.82, 2.24) is 0 Å². The van der Waals surface area contributed by atoms with Gasteiger partial charge in [0.05, 0.1) is 15.7 Å². The molecule has 0 aliphatic heterocycles. The molecular formula is C13H18NO2S+. The molecular weight excluding hydrogens is 234 g/mol. The first-order valence-corrected chi connectivity index (χ1v) is 6.74. The highest BCUT2D eigenvalue weighted by Gasteiger charge is 2.13. The van der Waals surface area contributed by atoms with Crippen molar-refractivity contribution in [3.63, 3.8) is 0 Å². The number of aromatic nitrogens is 1. The maximum atomic E-state index is 9.79. The van der Waals surface area contributed by atoms with Gasteiger partial charge in [-0.3, -0.25) is 0 Å². The molecule has 2 aromatic rings. The van der Waals surface area contributed by atoms with Gasteiger partial charge in [0.1, 0.15) is 7.05 Å². The minimum Gasteiger partial charge on any atom is -0.504 e. The maximum Gasteiger partial charge on any atom is 0.182 e. The van der Waals surface area contributed by atoms with Crippen LogP contribution in [0.5, 0.6) is 11.5 Å². The summed E-state index contributed by atoms with van der Waals surface area (Å²) in [7, 11) is 1.93. The Hall–Kier alpha value is -1.42. The zero-order valence-corrected chi connectivity index (χ0v) is 11.4. The number of aromatic hydroxyl groups is 2. The molecule has 3 nitrogen and oxygen atoms in total. The summed E-state index contributed by atoms with van der Waals surface area (Å²) in [6, 6.07) is 3.30. The quantitative estimate of drug-likeness (QED) is 0.466. The molecule has 0 spiro atoms. The van der Waals surface area contributed by atoms with Gasteiger partial charge in [-0.2, -0.15) is 0 Å². The number of phenols is 2. The second-order valence-corrected chi connectivity index (χ2v) is 4.24. The van der Waals surface area contributed by atoms with Gasteiger partial charge in [-0.05, 0) is 18.4 Å². The van der Waals surface area contributed by atoms with Crippen LogP contribution in [0.2, 0.25) is 0 Å². The Morgan fingerprint density at radius 3 is 2.35 bits per heavy atom. The molecule has 0 amide bonds. The molecule has 0 saturated carbocycles. The molecule has 1 aromatic heterocycles. The third-order valence-corrected chi connectivity index (χ3v) is 3.07. The first kappa shape index (κ1) is 13.6. The van der Waals surface area contributed by atoms with E-state index < -0.39 is 0 Å². The van der Waals surface area contributed by atoms with Gasteiger partial charge in [0.2, 0.25) is 0 Å². The number of benzene rings is 1. The Morgan fingerprint density at radius 1 is 1.12 bits per heavy atom. The molecule has 0 saturated heterocycles. The summed E-state index contributed by atoms with van der Waals surface area (Å²) in [5.41, 5.74) is 0. The third kappa shape index (κ3) is 2.64. The van der Waals surface area contributed by atoms with Gasteiger partial charge in [-0.1, -0.05) is 13.8 Å². The number of hydrogen-bond donors (Lipinski definition) is 2. The summed E-state index contributed by atoms with van der Waals surface area (Å²) in [6.45, 7) is 4.00. The van der Waals surface area contributed by atoms with E-state index in [0.717, 1.165) is 10.3 Å². The summed E-state index contributed by atoms with van der Waals surface area (Å²) in [6.07, 6.45) is 5.78. The lowest BCUT2D eigenvalue weighted by Gasteiger charge is -2.05. The monoisotopic (exact) mass is 252 g/mol. The molecule has 1 aromatic carbocycles. The highest BCUT2D eigenvalue weighted by Crippen LogP contribution is 2.37. The molecule has 1 heterocycles. The largest absolute Gasteiger partial charge is 0.504 e. The van der Waals surface area contributed by atoms with E-state index in [1.165, 1.54) is 6.07 Å². The molecule has 4 heteroatoms. The van der Waals surface area contributed by atoms with Crippen LogP contribution < -0.4 is 4.57 Å². The van der Waals surface area contributed by atoms with Gasteiger partial charge in [0, 0.05) is 0 Å². The lowest BCUT2D eigenvalue weighted by atomic mass is 10.1. The Kier molecular flexibility index (Phi) is 4.63. The van der Waals surface area contributed by atoms with Gasteiger partial charge >= 0.3 is 0 Å². The lowest BCUT2D eigenvalue weighted by Crippen LogP contribution is -2.26. The highest BCUT2D eigenvalue weighted by atomic mass is 32.2. The van der Waals surface area contributed by atoms with Crippen LogP contribution in [0, 0.1) is 0 Å². The molecule has 2 N–H and O–H groups in total. The number of fused-ring (bicyclic) bond motifs is 1. The van der Waals surface area contributed by atoms with Crippen LogP contribution in [-0.4, -0.2) is 16.5 Å². The van der Waals surface area contributed by atoms with Crippen molar-refractivity contribution < 1.29 is 14.8 Å². The van der Waals surface area contributed by atoms with E-state index in [0.29, 0.717) is 5.39 Å². The minimum atomic E-state index is -0.0772. The van der Waals surface area contributed by atoms with Crippen molar-refractivity contribution in [2.24, 2.45) is 7.05 Å². The number of thioether (sulfide) groups is 1. The van der Waals surface area contributed by atoms with Crippen molar-refractivity contribution in [1.29, 1.82) is 0 Å². The Bertz CT molecular complexity index is 526.